The van der Waals surface area contributed by atoms with Crippen LogP contribution in [0.5, 0.6) is 0 Å². The van der Waals surface area contributed by atoms with Gasteiger partial charge in [-0.25, -0.2) is 8.42 Å². The van der Waals surface area contributed by atoms with Gasteiger partial charge in [0, 0.05) is 17.1 Å². The van der Waals surface area contributed by atoms with Crippen molar-refractivity contribution in [3.8, 4) is 0 Å². The molecule has 1 atom stereocenters. The van der Waals surface area contributed by atoms with Crippen LogP contribution in [0.4, 0.5) is 5.69 Å². The van der Waals surface area contributed by atoms with Crippen LogP contribution in [0.2, 0.25) is 5.02 Å². The first-order valence-electron chi connectivity index (χ1n) is 13.2. The molecule has 3 rings (SSSR count). The van der Waals surface area contributed by atoms with Crippen LogP contribution in [0.1, 0.15) is 50.8 Å². The predicted octanol–water partition coefficient (Wildman–Crippen LogP) is 5.87. The van der Waals surface area contributed by atoms with Crippen molar-refractivity contribution in [3.05, 3.63) is 94.5 Å². The maximum absolute atomic E-state index is 14.1. The van der Waals surface area contributed by atoms with Crippen molar-refractivity contribution in [2.45, 2.75) is 71.0 Å². The Balaban J connectivity index is 2.09. The monoisotopic (exact) mass is 583 g/mol. The summed E-state index contributed by atoms with van der Waals surface area (Å²) in [6.07, 6.45) is 0.343. The summed E-state index contributed by atoms with van der Waals surface area (Å²) in [5.41, 5.74) is 2.37. The van der Waals surface area contributed by atoms with E-state index in [1.807, 2.05) is 47.6 Å². The van der Waals surface area contributed by atoms with E-state index in [9.17, 15) is 18.0 Å². The molecule has 0 saturated carbocycles. The lowest BCUT2D eigenvalue weighted by atomic mass is 10.1. The van der Waals surface area contributed by atoms with E-state index in [1.54, 1.807) is 54.6 Å². The third-order valence-corrected chi connectivity index (χ3v) is 8.29. The Morgan fingerprint density at radius 3 is 2.02 bits per heavy atom. The summed E-state index contributed by atoms with van der Waals surface area (Å²) in [6, 6.07) is 19.7. The quantitative estimate of drug-likeness (QED) is 0.323. The molecule has 7 nitrogen and oxygen atoms in total. The number of benzene rings is 3. The van der Waals surface area contributed by atoms with Crippen LogP contribution in [0, 0.1) is 13.8 Å². The second-order valence-corrected chi connectivity index (χ2v) is 13.3. The fourth-order valence-corrected chi connectivity index (χ4v) is 6.05. The summed E-state index contributed by atoms with van der Waals surface area (Å²) in [5, 5.41) is 3.52. The zero-order valence-electron chi connectivity index (χ0n) is 23.9. The second-order valence-electron chi connectivity index (χ2n) is 11.0. The molecule has 0 unspecified atom stereocenters. The Bertz CT molecular complexity index is 1420. The average Bonchev–Trinajstić information content (AvgIpc) is 2.87. The van der Waals surface area contributed by atoms with Crippen LogP contribution >= 0.6 is 11.6 Å². The molecule has 0 aliphatic heterocycles. The van der Waals surface area contributed by atoms with E-state index in [4.69, 9.17) is 11.6 Å². The Morgan fingerprint density at radius 2 is 1.50 bits per heavy atom. The van der Waals surface area contributed by atoms with Crippen LogP contribution in [0.3, 0.4) is 0 Å². The highest BCUT2D eigenvalue weighted by molar-refractivity contribution is 7.92. The van der Waals surface area contributed by atoms with Crippen LogP contribution in [-0.4, -0.2) is 43.3 Å². The number of nitrogens with zero attached hydrogens (tertiary/aromatic N) is 2. The molecule has 0 saturated heterocycles. The number of hydrogen-bond acceptors (Lipinski definition) is 4. The summed E-state index contributed by atoms with van der Waals surface area (Å²) in [6.45, 7) is 10.8. The molecule has 3 aromatic rings. The summed E-state index contributed by atoms with van der Waals surface area (Å²) in [7, 11) is -4.11. The van der Waals surface area contributed by atoms with E-state index < -0.39 is 34.1 Å². The molecule has 0 radical (unpaired) electrons. The van der Waals surface area contributed by atoms with E-state index in [0.717, 1.165) is 21.0 Å². The lowest BCUT2D eigenvalue weighted by Gasteiger charge is -2.35. The Labute approximate surface area is 243 Å². The standard InChI is InChI=1S/C31H38ClN3O4S/c1-7-28(30(37)33-31(4,5)6)34(20-24-13-15-25(32)16-14-24)29(36)21-35(26-18-22(2)17-23(3)19-26)40(38,39)27-11-9-8-10-12-27/h8-19,28H,7,20-21H2,1-6H3,(H,33,37)/t28-/m1/s1. The number of anilines is 1. The zero-order valence-corrected chi connectivity index (χ0v) is 25.5. The number of carbonyl (C=O) groups excluding carboxylic acids is 2. The predicted molar refractivity (Wildman–Crippen MR) is 161 cm³/mol. The Hall–Kier alpha value is -3.36. The van der Waals surface area contributed by atoms with E-state index in [2.05, 4.69) is 5.32 Å². The molecule has 0 bridgehead atoms. The molecule has 214 valence electrons. The number of aryl methyl sites for hydroxylation is 2. The molecule has 0 heterocycles. The topological polar surface area (TPSA) is 86.8 Å². The molecule has 0 spiro atoms. The molecule has 0 aliphatic carbocycles. The molecule has 2 amide bonds. The zero-order chi connectivity index (χ0) is 29.7. The third kappa shape index (κ3) is 8.08. The molecule has 40 heavy (non-hydrogen) atoms. The molecule has 0 aromatic heterocycles. The highest BCUT2D eigenvalue weighted by Gasteiger charge is 2.34. The van der Waals surface area contributed by atoms with Crippen molar-refractivity contribution in [2.75, 3.05) is 10.8 Å². The SMILES string of the molecule is CC[C@H](C(=O)NC(C)(C)C)N(Cc1ccc(Cl)cc1)C(=O)CN(c1cc(C)cc(C)c1)S(=O)(=O)c1ccccc1. The number of carbonyl (C=O) groups is 2. The maximum atomic E-state index is 14.1. The van der Waals surface area contributed by atoms with Gasteiger partial charge >= 0.3 is 0 Å². The minimum absolute atomic E-state index is 0.0729. The van der Waals surface area contributed by atoms with Crippen LogP contribution in [0.15, 0.2) is 77.7 Å². The summed E-state index contributed by atoms with van der Waals surface area (Å²) in [5.74, 6) is -0.800. The lowest BCUT2D eigenvalue weighted by Crippen LogP contribution is -2.55. The number of sulfonamides is 1. The molecule has 0 fully saturated rings. The molecule has 1 N–H and O–H groups in total. The minimum Gasteiger partial charge on any atom is -0.350 e. The van der Waals surface area contributed by atoms with Gasteiger partial charge in [-0.1, -0.05) is 54.9 Å². The van der Waals surface area contributed by atoms with Gasteiger partial charge in [-0.05, 0) is 94.1 Å². The maximum Gasteiger partial charge on any atom is 0.264 e. The molecular weight excluding hydrogens is 546 g/mol. The summed E-state index contributed by atoms with van der Waals surface area (Å²) in [4.78, 5) is 29.0. The fourth-order valence-electron chi connectivity index (χ4n) is 4.50. The first kappa shape index (κ1) is 31.2. The molecule has 0 aliphatic rings. The fraction of sp³-hybridized carbons (Fsp3) is 0.355. The summed E-state index contributed by atoms with van der Waals surface area (Å²) < 4.78 is 29.0. The van der Waals surface area contributed by atoms with Crippen molar-refractivity contribution in [2.24, 2.45) is 0 Å². The number of nitrogens with one attached hydrogen (secondary N) is 1. The van der Waals surface area contributed by atoms with Crippen LogP contribution in [-0.2, 0) is 26.2 Å². The lowest BCUT2D eigenvalue weighted by molar-refractivity contribution is -0.141. The summed E-state index contributed by atoms with van der Waals surface area (Å²) >= 11 is 6.08. The van der Waals surface area contributed by atoms with Crippen molar-refractivity contribution in [1.82, 2.24) is 10.2 Å². The van der Waals surface area contributed by atoms with Gasteiger partial charge in [0.25, 0.3) is 10.0 Å². The second kappa shape index (κ2) is 12.9. The molecule has 9 heteroatoms. The van der Waals surface area contributed by atoms with E-state index in [0.29, 0.717) is 17.1 Å². The van der Waals surface area contributed by atoms with Gasteiger partial charge in [0.05, 0.1) is 10.6 Å². The van der Waals surface area contributed by atoms with Gasteiger partial charge in [0.1, 0.15) is 12.6 Å². The average molecular weight is 584 g/mol. The van der Waals surface area contributed by atoms with Gasteiger partial charge in [-0.2, -0.15) is 0 Å². The number of rotatable bonds is 10. The van der Waals surface area contributed by atoms with Gasteiger partial charge in [-0.3, -0.25) is 13.9 Å². The highest BCUT2D eigenvalue weighted by Crippen LogP contribution is 2.27. The van der Waals surface area contributed by atoms with E-state index in [1.165, 1.54) is 17.0 Å². The number of hydrogen-bond donors (Lipinski definition) is 1. The largest absolute Gasteiger partial charge is 0.350 e. The van der Waals surface area contributed by atoms with Crippen molar-refractivity contribution in [1.29, 1.82) is 0 Å². The molecule has 3 aromatic carbocycles. The third-order valence-electron chi connectivity index (χ3n) is 6.25. The first-order valence-corrected chi connectivity index (χ1v) is 15.0. The number of halogens is 1. The van der Waals surface area contributed by atoms with Crippen molar-refractivity contribution < 1.29 is 18.0 Å². The van der Waals surface area contributed by atoms with Crippen LogP contribution < -0.4 is 9.62 Å². The van der Waals surface area contributed by atoms with Crippen LogP contribution in [0.25, 0.3) is 0 Å². The van der Waals surface area contributed by atoms with Gasteiger partial charge in [0.15, 0.2) is 0 Å². The van der Waals surface area contributed by atoms with Gasteiger partial charge in [-0.15, -0.1) is 0 Å². The smallest absolute Gasteiger partial charge is 0.264 e. The van der Waals surface area contributed by atoms with Crippen molar-refractivity contribution in [3.63, 3.8) is 0 Å². The van der Waals surface area contributed by atoms with E-state index in [-0.39, 0.29) is 17.3 Å². The Morgan fingerprint density at radius 1 is 0.925 bits per heavy atom. The van der Waals surface area contributed by atoms with Gasteiger partial charge in [0.2, 0.25) is 11.8 Å². The highest BCUT2D eigenvalue weighted by atomic mass is 35.5. The van der Waals surface area contributed by atoms with E-state index >= 15 is 0 Å². The molecular formula is C31H38ClN3O4S. The van der Waals surface area contributed by atoms with Gasteiger partial charge < -0.3 is 10.2 Å². The normalized spacial score (nSPS) is 12.5. The Kier molecular flexibility index (Phi) is 10.0. The minimum atomic E-state index is -4.11. The van der Waals surface area contributed by atoms with Crippen molar-refractivity contribution >= 4 is 39.1 Å². The number of amides is 2. The first-order chi connectivity index (χ1) is 18.7.